The number of hydrogen-bond acceptors (Lipinski definition) is 6. The van der Waals surface area contributed by atoms with Gasteiger partial charge in [-0.1, -0.05) is 23.7 Å². The number of ether oxygens (including phenoxy) is 1. The van der Waals surface area contributed by atoms with Crippen molar-refractivity contribution in [1.82, 2.24) is 24.4 Å². The number of rotatable bonds is 8. The second-order valence-corrected chi connectivity index (χ2v) is 11.5. The molecular formula is C31H35ClN6O3. The number of anilines is 1. The number of pyridine rings is 2. The van der Waals surface area contributed by atoms with Gasteiger partial charge in [0.25, 0.3) is 5.91 Å². The highest BCUT2D eigenvalue weighted by molar-refractivity contribution is 6.30. The maximum Gasteiger partial charge on any atom is 0.333 e. The van der Waals surface area contributed by atoms with Crippen LogP contribution in [0.3, 0.4) is 0 Å². The van der Waals surface area contributed by atoms with E-state index in [1.807, 2.05) is 47.9 Å². The van der Waals surface area contributed by atoms with Crippen LogP contribution in [0.4, 0.5) is 5.82 Å². The van der Waals surface area contributed by atoms with Crippen LogP contribution >= 0.6 is 11.6 Å². The molecule has 2 N–H and O–H groups in total. The first-order chi connectivity index (χ1) is 20.0. The molecule has 41 heavy (non-hydrogen) atoms. The number of hydrogen-bond donors (Lipinski definition) is 2. The minimum absolute atomic E-state index is 0.0626. The number of nitrogens with zero attached hydrogens (tertiary/aromatic N) is 4. The van der Waals surface area contributed by atoms with E-state index in [1.54, 1.807) is 23.0 Å². The van der Waals surface area contributed by atoms with E-state index in [4.69, 9.17) is 16.3 Å². The molecule has 6 rings (SSSR count). The summed E-state index contributed by atoms with van der Waals surface area (Å²) in [5.41, 5.74) is 3.64. The molecule has 1 saturated carbocycles. The lowest BCUT2D eigenvalue weighted by Crippen LogP contribution is -2.39. The number of carbonyl (C=O) groups excluding carboxylic acids is 1. The highest BCUT2D eigenvalue weighted by Crippen LogP contribution is 2.28. The van der Waals surface area contributed by atoms with E-state index in [0.29, 0.717) is 28.7 Å². The Balaban J connectivity index is 1.13. The Morgan fingerprint density at radius 2 is 1.85 bits per heavy atom. The first-order valence-corrected chi connectivity index (χ1v) is 14.8. The Labute approximate surface area is 243 Å². The summed E-state index contributed by atoms with van der Waals surface area (Å²) >= 11 is 6.05. The molecule has 2 fully saturated rings. The second-order valence-electron chi connectivity index (χ2n) is 11.1. The third kappa shape index (κ3) is 6.01. The number of aromatic nitrogens is 4. The van der Waals surface area contributed by atoms with Gasteiger partial charge in [0.15, 0.2) is 0 Å². The summed E-state index contributed by atoms with van der Waals surface area (Å²) < 4.78 is 9.32. The van der Waals surface area contributed by atoms with Crippen molar-refractivity contribution in [3.63, 3.8) is 0 Å². The van der Waals surface area contributed by atoms with Gasteiger partial charge >= 0.3 is 5.69 Å². The molecule has 0 unspecified atom stereocenters. The normalized spacial score (nSPS) is 20.8. The number of nitrogens with one attached hydrogen (secondary N) is 2. The lowest BCUT2D eigenvalue weighted by molar-refractivity contribution is 0.0919. The summed E-state index contributed by atoms with van der Waals surface area (Å²) in [6, 6.07) is 13.5. The topological polar surface area (TPSA) is 103 Å². The van der Waals surface area contributed by atoms with Crippen molar-refractivity contribution < 1.29 is 9.53 Å². The summed E-state index contributed by atoms with van der Waals surface area (Å²) in [4.78, 5) is 35.4. The van der Waals surface area contributed by atoms with Crippen LogP contribution in [0.15, 0.2) is 59.7 Å². The minimum atomic E-state index is -0.137. The summed E-state index contributed by atoms with van der Waals surface area (Å²) in [6.45, 7) is 4.00. The predicted molar refractivity (Wildman–Crippen MR) is 160 cm³/mol. The van der Waals surface area contributed by atoms with E-state index in [1.165, 1.54) is 0 Å². The molecule has 1 amide bonds. The quantitative estimate of drug-likeness (QED) is 0.303. The number of carbonyl (C=O) groups is 1. The van der Waals surface area contributed by atoms with Crippen LogP contribution in [0.1, 0.15) is 54.6 Å². The van der Waals surface area contributed by atoms with Gasteiger partial charge in [0.05, 0.1) is 45.3 Å². The van der Waals surface area contributed by atoms with Gasteiger partial charge in [-0.05, 0) is 81.7 Å². The maximum atomic E-state index is 13.8. The number of benzene rings is 1. The van der Waals surface area contributed by atoms with Gasteiger partial charge in [0.1, 0.15) is 5.82 Å². The molecule has 1 atom stereocenters. The van der Waals surface area contributed by atoms with Crippen LogP contribution in [0.25, 0.3) is 16.7 Å². The average Bonchev–Trinajstić information content (AvgIpc) is 3.61. The molecule has 10 heteroatoms. The van der Waals surface area contributed by atoms with Crippen LogP contribution in [-0.4, -0.2) is 50.3 Å². The van der Waals surface area contributed by atoms with Crippen molar-refractivity contribution in [2.75, 3.05) is 18.5 Å². The molecule has 3 aromatic heterocycles. The highest BCUT2D eigenvalue weighted by atomic mass is 35.5. The molecule has 1 aromatic carbocycles. The van der Waals surface area contributed by atoms with Crippen LogP contribution < -0.4 is 16.3 Å². The Bertz CT molecular complexity index is 1580. The van der Waals surface area contributed by atoms with Gasteiger partial charge in [0, 0.05) is 31.9 Å². The van der Waals surface area contributed by atoms with Crippen molar-refractivity contribution in [2.24, 2.45) is 5.92 Å². The molecule has 4 aromatic rings. The molecule has 1 aliphatic carbocycles. The Hall–Kier alpha value is -3.69. The molecule has 214 valence electrons. The lowest BCUT2D eigenvalue weighted by Gasteiger charge is -2.29. The van der Waals surface area contributed by atoms with Crippen molar-refractivity contribution in [2.45, 2.75) is 64.1 Å². The third-order valence-corrected chi connectivity index (χ3v) is 8.50. The van der Waals surface area contributed by atoms with Gasteiger partial charge in [0.2, 0.25) is 0 Å². The lowest BCUT2D eigenvalue weighted by atomic mass is 9.85. The minimum Gasteiger partial charge on any atom is -0.376 e. The summed E-state index contributed by atoms with van der Waals surface area (Å²) in [5.74, 6) is 0.978. The van der Waals surface area contributed by atoms with E-state index in [2.05, 4.69) is 20.6 Å². The van der Waals surface area contributed by atoms with E-state index >= 15 is 0 Å². The van der Waals surface area contributed by atoms with Crippen LogP contribution in [0.5, 0.6) is 0 Å². The Morgan fingerprint density at radius 1 is 1.05 bits per heavy atom. The van der Waals surface area contributed by atoms with E-state index in [-0.39, 0.29) is 23.7 Å². The fraction of sp³-hybridized carbons (Fsp3) is 0.419. The first kappa shape index (κ1) is 27.5. The van der Waals surface area contributed by atoms with Gasteiger partial charge < -0.3 is 15.4 Å². The molecule has 4 heterocycles. The van der Waals surface area contributed by atoms with Crippen molar-refractivity contribution in [3.8, 4) is 5.69 Å². The van der Waals surface area contributed by atoms with Crippen LogP contribution in [0.2, 0.25) is 5.02 Å². The van der Waals surface area contributed by atoms with Crippen LogP contribution in [-0.2, 0) is 11.3 Å². The van der Waals surface area contributed by atoms with Crippen molar-refractivity contribution >= 4 is 34.4 Å². The van der Waals surface area contributed by atoms with Crippen LogP contribution in [0, 0.1) is 12.8 Å². The Morgan fingerprint density at radius 3 is 2.59 bits per heavy atom. The third-order valence-electron chi connectivity index (χ3n) is 8.30. The second kappa shape index (κ2) is 12.0. The molecule has 0 bridgehead atoms. The number of para-hydroxylation sites is 2. The number of imidazole rings is 1. The number of halogens is 1. The molecular weight excluding hydrogens is 540 g/mol. The van der Waals surface area contributed by atoms with E-state index in [0.717, 1.165) is 74.2 Å². The van der Waals surface area contributed by atoms with Crippen molar-refractivity contribution in [3.05, 3.63) is 81.6 Å². The summed E-state index contributed by atoms with van der Waals surface area (Å²) in [7, 11) is 0. The summed E-state index contributed by atoms with van der Waals surface area (Å²) in [5, 5.41) is 6.95. The highest BCUT2D eigenvalue weighted by Gasteiger charge is 2.26. The molecule has 0 radical (unpaired) electrons. The largest absolute Gasteiger partial charge is 0.376 e. The van der Waals surface area contributed by atoms with E-state index in [9.17, 15) is 9.59 Å². The monoisotopic (exact) mass is 574 g/mol. The Kier molecular flexibility index (Phi) is 8.07. The fourth-order valence-corrected chi connectivity index (χ4v) is 6.19. The zero-order valence-electron chi connectivity index (χ0n) is 23.2. The molecule has 2 aliphatic rings. The average molecular weight is 575 g/mol. The zero-order chi connectivity index (χ0) is 28.3. The SMILES string of the molecule is Cc1ncc(Cl)cc1C(=O)N[C@H]1CC[C@H](Cn2c(=O)n(-c3ccc(NC[C@@H]4CCCO4)nc3)c3ccccc32)CC1. The molecule has 1 aliphatic heterocycles. The van der Waals surface area contributed by atoms with Gasteiger partial charge in [-0.2, -0.15) is 0 Å². The standard InChI is InChI=1S/C31H35ClN6O3/c1-20-26(15-22(32)16-33-20)30(39)36-23-10-8-21(9-11-23)19-37-27-6-2-3-7-28(27)38(31(37)40)24-12-13-29(34-17-24)35-18-25-5-4-14-41-25/h2-3,6-7,12-13,15-17,21,23,25H,4-5,8-11,14,18-19H2,1H3,(H,34,35)(H,36,39)/t21-,23-,25-/m0/s1. The van der Waals surface area contributed by atoms with E-state index < -0.39 is 0 Å². The maximum absolute atomic E-state index is 13.8. The zero-order valence-corrected chi connectivity index (χ0v) is 23.9. The van der Waals surface area contributed by atoms with Crippen molar-refractivity contribution in [1.29, 1.82) is 0 Å². The van der Waals surface area contributed by atoms with Gasteiger partial charge in [-0.15, -0.1) is 0 Å². The van der Waals surface area contributed by atoms with Gasteiger partial charge in [-0.3, -0.25) is 18.9 Å². The predicted octanol–water partition coefficient (Wildman–Crippen LogP) is 5.12. The smallest absolute Gasteiger partial charge is 0.333 e. The fourth-order valence-electron chi connectivity index (χ4n) is 6.03. The molecule has 9 nitrogen and oxygen atoms in total. The summed E-state index contributed by atoms with van der Waals surface area (Å²) in [6.07, 6.45) is 9.28. The first-order valence-electron chi connectivity index (χ1n) is 14.4. The molecule has 0 spiro atoms. The number of aryl methyl sites for hydroxylation is 1. The number of fused-ring (bicyclic) bond motifs is 1. The molecule has 1 saturated heterocycles. The van der Waals surface area contributed by atoms with Gasteiger partial charge in [-0.25, -0.2) is 9.78 Å². The number of amides is 1.